The van der Waals surface area contributed by atoms with Crippen molar-refractivity contribution in [1.29, 1.82) is 0 Å². The first-order chi connectivity index (χ1) is 9.01. The van der Waals surface area contributed by atoms with E-state index in [0.29, 0.717) is 23.4 Å². The number of aromatic nitrogens is 1. The van der Waals surface area contributed by atoms with Gasteiger partial charge in [0.1, 0.15) is 0 Å². The van der Waals surface area contributed by atoms with Crippen molar-refractivity contribution in [2.45, 2.75) is 43.4 Å². The molecule has 2 fully saturated rings. The molecular weight excluding hydrogens is 268 g/mol. The lowest BCUT2D eigenvalue weighted by Gasteiger charge is -2.42. The zero-order chi connectivity index (χ0) is 13.6. The fraction of sp³-hybridized carbons (Fsp3) is 0.538. The molecule has 0 aromatic carbocycles. The molecule has 1 amide bonds. The van der Waals surface area contributed by atoms with Gasteiger partial charge in [0.05, 0.1) is 10.6 Å². The summed E-state index contributed by atoms with van der Waals surface area (Å²) in [5.41, 5.74) is -0.385. The van der Waals surface area contributed by atoms with Crippen LogP contribution < -0.4 is 0 Å². The summed E-state index contributed by atoms with van der Waals surface area (Å²) in [6.07, 6.45) is 4.64. The maximum atomic E-state index is 11.2. The molecule has 2 saturated heterocycles. The van der Waals surface area contributed by atoms with E-state index in [2.05, 4.69) is 4.98 Å². The third-order valence-electron chi connectivity index (χ3n) is 4.26. The van der Waals surface area contributed by atoms with E-state index in [4.69, 9.17) is 11.6 Å². The molecule has 102 valence electrons. The Labute approximate surface area is 115 Å². The van der Waals surface area contributed by atoms with E-state index >= 15 is 0 Å². The molecule has 0 radical (unpaired) electrons. The molecule has 2 aliphatic rings. The van der Waals surface area contributed by atoms with Crippen LogP contribution in [0.3, 0.4) is 0 Å². The van der Waals surface area contributed by atoms with Gasteiger partial charge in [-0.3, -0.25) is 4.98 Å². The van der Waals surface area contributed by atoms with Crippen LogP contribution in [0.15, 0.2) is 18.5 Å². The first kappa shape index (κ1) is 12.7. The van der Waals surface area contributed by atoms with Gasteiger partial charge in [-0.1, -0.05) is 11.6 Å². The van der Waals surface area contributed by atoms with Gasteiger partial charge in [-0.05, 0) is 18.9 Å². The van der Waals surface area contributed by atoms with Gasteiger partial charge >= 0.3 is 6.09 Å². The molecule has 2 N–H and O–H groups in total. The predicted octanol–water partition coefficient (Wildman–Crippen LogP) is 2.23. The molecule has 3 rings (SSSR count). The van der Waals surface area contributed by atoms with Crippen molar-refractivity contribution in [2.24, 2.45) is 0 Å². The van der Waals surface area contributed by atoms with E-state index in [1.54, 1.807) is 12.3 Å². The highest BCUT2D eigenvalue weighted by atomic mass is 35.5. The summed E-state index contributed by atoms with van der Waals surface area (Å²) in [5.74, 6) is 0. The quantitative estimate of drug-likeness (QED) is 0.828. The number of carboxylic acid groups (broad SMARTS) is 1. The number of piperidine rings is 1. The van der Waals surface area contributed by atoms with Crippen LogP contribution in [0.4, 0.5) is 4.79 Å². The van der Waals surface area contributed by atoms with Gasteiger partial charge in [0.25, 0.3) is 0 Å². The number of hydrogen-bond acceptors (Lipinski definition) is 3. The van der Waals surface area contributed by atoms with Crippen LogP contribution in [0, 0.1) is 0 Å². The molecule has 5 nitrogen and oxygen atoms in total. The highest BCUT2D eigenvalue weighted by Crippen LogP contribution is 2.46. The summed E-state index contributed by atoms with van der Waals surface area (Å²) in [6, 6.07) is 1.48. The predicted molar refractivity (Wildman–Crippen MR) is 69.1 cm³/mol. The molecule has 1 aromatic rings. The van der Waals surface area contributed by atoms with Gasteiger partial charge in [0.2, 0.25) is 0 Å². The highest BCUT2D eigenvalue weighted by molar-refractivity contribution is 6.31. The lowest BCUT2D eigenvalue weighted by atomic mass is 9.81. The normalized spacial score (nSPS) is 33.5. The van der Waals surface area contributed by atoms with Crippen LogP contribution in [0.5, 0.6) is 0 Å². The largest absolute Gasteiger partial charge is 0.465 e. The first-order valence-corrected chi connectivity index (χ1v) is 6.73. The Morgan fingerprint density at radius 2 is 2.05 bits per heavy atom. The lowest BCUT2D eigenvalue weighted by Crippen LogP contribution is -2.51. The zero-order valence-corrected chi connectivity index (χ0v) is 11.0. The monoisotopic (exact) mass is 282 g/mol. The van der Waals surface area contributed by atoms with Crippen LogP contribution in [0.1, 0.15) is 31.2 Å². The second-order valence-electron chi connectivity index (χ2n) is 5.37. The summed E-state index contributed by atoms with van der Waals surface area (Å²) in [7, 11) is 0. The molecule has 0 saturated carbocycles. The van der Waals surface area contributed by atoms with Crippen molar-refractivity contribution in [3.63, 3.8) is 0 Å². The van der Waals surface area contributed by atoms with E-state index in [9.17, 15) is 15.0 Å². The van der Waals surface area contributed by atoms with Gasteiger partial charge in [-0.25, -0.2) is 4.79 Å². The number of aliphatic hydroxyl groups is 1. The molecule has 2 atom stereocenters. The maximum absolute atomic E-state index is 11.2. The number of fused-ring (bicyclic) bond motifs is 2. The van der Waals surface area contributed by atoms with Crippen molar-refractivity contribution in [3.05, 3.63) is 29.0 Å². The fourth-order valence-electron chi connectivity index (χ4n) is 3.51. The number of carbonyl (C=O) groups is 1. The molecular formula is C13H15ClN2O3. The molecule has 0 aliphatic carbocycles. The Kier molecular flexibility index (Phi) is 2.91. The summed E-state index contributed by atoms with van der Waals surface area (Å²) < 4.78 is 0. The molecule has 0 spiro atoms. The van der Waals surface area contributed by atoms with Crippen molar-refractivity contribution < 1.29 is 15.0 Å². The van der Waals surface area contributed by atoms with Gasteiger partial charge in [-0.15, -0.1) is 0 Å². The average molecular weight is 283 g/mol. The number of halogens is 1. The second kappa shape index (κ2) is 4.35. The summed E-state index contributed by atoms with van der Waals surface area (Å²) >= 11 is 6.11. The minimum absolute atomic E-state index is 0.120. The van der Waals surface area contributed by atoms with E-state index in [1.807, 2.05) is 0 Å². The summed E-state index contributed by atoms with van der Waals surface area (Å²) in [5, 5.41) is 20.5. The van der Waals surface area contributed by atoms with Gasteiger partial charge in [0.15, 0.2) is 0 Å². The Morgan fingerprint density at radius 3 is 2.58 bits per heavy atom. The van der Waals surface area contributed by atoms with Gasteiger partial charge in [-0.2, -0.15) is 0 Å². The average Bonchev–Trinajstić information content (AvgIpc) is 2.63. The Morgan fingerprint density at radius 1 is 1.42 bits per heavy atom. The van der Waals surface area contributed by atoms with Crippen molar-refractivity contribution >= 4 is 17.7 Å². The Hall–Kier alpha value is -1.33. The topological polar surface area (TPSA) is 73.7 Å². The van der Waals surface area contributed by atoms with Crippen LogP contribution in [-0.2, 0) is 5.60 Å². The fourth-order valence-corrected chi connectivity index (χ4v) is 3.80. The molecule has 19 heavy (non-hydrogen) atoms. The summed E-state index contributed by atoms with van der Waals surface area (Å²) in [6.45, 7) is 0. The lowest BCUT2D eigenvalue weighted by molar-refractivity contribution is -0.0492. The van der Waals surface area contributed by atoms with Crippen LogP contribution in [0.25, 0.3) is 0 Å². The Bertz CT molecular complexity index is 508. The van der Waals surface area contributed by atoms with Crippen molar-refractivity contribution in [2.75, 3.05) is 0 Å². The third-order valence-corrected chi connectivity index (χ3v) is 4.56. The SMILES string of the molecule is O=C(O)N1C2CCC1CC(O)(c1ccncc1Cl)C2. The number of amides is 1. The minimum Gasteiger partial charge on any atom is -0.465 e. The smallest absolute Gasteiger partial charge is 0.407 e. The molecule has 2 bridgehead atoms. The molecule has 2 unspecified atom stereocenters. The first-order valence-electron chi connectivity index (χ1n) is 6.35. The molecule has 1 aromatic heterocycles. The summed E-state index contributed by atoms with van der Waals surface area (Å²) in [4.78, 5) is 16.6. The number of nitrogens with zero attached hydrogens (tertiary/aromatic N) is 2. The van der Waals surface area contributed by atoms with Crippen molar-refractivity contribution in [1.82, 2.24) is 9.88 Å². The standard InChI is InChI=1S/C13H15ClN2O3/c14-11-7-15-4-3-10(11)13(19)5-8-1-2-9(6-13)16(8)12(17)18/h3-4,7-9,19H,1-2,5-6H2,(H,17,18). The van der Waals surface area contributed by atoms with E-state index < -0.39 is 11.7 Å². The third kappa shape index (κ3) is 1.97. The Balaban J connectivity index is 1.93. The maximum Gasteiger partial charge on any atom is 0.407 e. The van der Waals surface area contributed by atoms with E-state index in [1.165, 1.54) is 11.1 Å². The zero-order valence-electron chi connectivity index (χ0n) is 10.3. The second-order valence-corrected chi connectivity index (χ2v) is 5.78. The van der Waals surface area contributed by atoms with Crippen LogP contribution in [0.2, 0.25) is 5.02 Å². The van der Waals surface area contributed by atoms with Crippen molar-refractivity contribution in [3.8, 4) is 0 Å². The van der Waals surface area contributed by atoms with Crippen LogP contribution >= 0.6 is 11.6 Å². The number of rotatable bonds is 1. The van der Waals surface area contributed by atoms with E-state index in [0.717, 1.165) is 12.8 Å². The van der Waals surface area contributed by atoms with E-state index in [-0.39, 0.29) is 12.1 Å². The molecule has 3 heterocycles. The minimum atomic E-state index is -1.04. The number of hydrogen-bond donors (Lipinski definition) is 2. The number of pyridine rings is 1. The van der Waals surface area contributed by atoms with Gasteiger partial charge in [0, 0.05) is 42.9 Å². The molecule has 6 heteroatoms. The van der Waals surface area contributed by atoms with Crippen LogP contribution in [-0.4, -0.2) is 38.3 Å². The molecule has 2 aliphatic heterocycles. The van der Waals surface area contributed by atoms with Gasteiger partial charge < -0.3 is 15.1 Å². The highest BCUT2D eigenvalue weighted by Gasteiger charge is 2.50.